The van der Waals surface area contributed by atoms with E-state index < -0.39 is 35.5 Å². The van der Waals surface area contributed by atoms with Crippen LogP contribution >= 0.6 is 23.4 Å². The molecule has 0 fully saturated rings. The van der Waals surface area contributed by atoms with E-state index in [-0.39, 0.29) is 5.75 Å². The van der Waals surface area contributed by atoms with Gasteiger partial charge in [0.25, 0.3) is 5.24 Å². The second-order valence-electron chi connectivity index (χ2n) is 4.63. The topological polar surface area (TPSA) is 111 Å². The molecule has 8 nitrogen and oxygen atoms in total. The van der Waals surface area contributed by atoms with Crippen LogP contribution in [0.1, 0.15) is 6.42 Å². The molecule has 0 aliphatic rings. The first-order chi connectivity index (χ1) is 11.8. The van der Waals surface area contributed by atoms with E-state index in [2.05, 4.69) is 20.1 Å². The minimum Gasteiger partial charge on any atom is -0.469 e. The number of hydrogen-bond donors (Lipinski definition) is 2. The maximum absolute atomic E-state index is 11.9. The molecule has 1 aromatic rings. The molecular formula is C15H17ClN2O6S. The van der Waals surface area contributed by atoms with Crippen molar-refractivity contribution in [2.75, 3.05) is 25.3 Å². The van der Waals surface area contributed by atoms with Crippen LogP contribution in [0.3, 0.4) is 0 Å². The Bertz CT molecular complexity index is 637. The second kappa shape index (κ2) is 10.6. The van der Waals surface area contributed by atoms with Crippen LogP contribution in [0.4, 0.5) is 10.5 Å². The van der Waals surface area contributed by atoms with Gasteiger partial charge in [0.1, 0.15) is 12.5 Å². The number of carbonyl (C=O) groups is 4. The summed E-state index contributed by atoms with van der Waals surface area (Å²) in [6.45, 7) is 0. The number of rotatable bonds is 7. The highest BCUT2D eigenvalue weighted by atomic mass is 35.5. The normalized spacial score (nSPS) is 11.2. The van der Waals surface area contributed by atoms with Crippen LogP contribution in [-0.2, 0) is 23.9 Å². The highest BCUT2D eigenvalue weighted by Crippen LogP contribution is 2.16. The van der Waals surface area contributed by atoms with Crippen molar-refractivity contribution >= 4 is 52.1 Å². The second-order valence-corrected chi connectivity index (χ2v) is 6.06. The smallest absolute Gasteiger partial charge is 0.329 e. The van der Waals surface area contributed by atoms with Gasteiger partial charge in [-0.2, -0.15) is 0 Å². The SMILES string of the molecule is COC(=O)CC(=O)NC(CSC(=O)Nc1ccc(Cl)cc1)C(=O)OC. The molecule has 0 aromatic heterocycles. The number of methoxy groups -OCH3 is 2. The van der Waals surface area contributed by atoms with E-state index in [1.807, 2.05) is 0 Å². The fraction of sp³-hybridized carbons (Fsp3) is 0.333. The van der Waals surface area contributed by atoms with Crippen LogP contribution in [0, 0.1) is 0 Å². The maximum Gasteiger partial charge on any atom is 0.329 e. The van der Waals surface area contributed by atoms with E-state index in [1.54, 1.807) is 24.3 Å². The highest BCUT2D eigenvalue weighted by molar-refractivity contribution is 8.13. The van der Waals surface area contributed by atoms with Gasteiger partial charge in [0.2, 0.25) is 5.91 Å². The summed E-state index contributed by atoms with van der Waals surface area (Å²) in [5.41, 5.74) is 0.534. The summed E-state index contributed by atoms with van der Waals surface area (Å²) in [6.07, 6.45) is -0.536. The third kappa shape index (κ3) is 7.90. The van der Waals surface area contributed by atoms with Crippen molar-refractivity contribution in [3.8, 4) is 0 Å². The van der Waals surface area contributed by atoms with Gasteiger partial charge in [0.15, 0.2) is 0 Å². The fourth-order valence-corrected chi connectivity index (χ4v) is 2.46. The molecule has 0 aliphatic carbocycles. The minimum absolute atomic E-state index is 0.0704. The molecule has 136 valence electrons. The molecule has 1 unspecified atom stereocenters. The van der Waals surface area contributed by atoms with E-state index in [0.29, 0.717) is 10.7 Å². The lowest BCUT2D eigenvalue weighted by Gasteiger charge is -2.15. The van der Waals surface area contributed by atoms with Crippen LogP contribution in [0.25, 0.3) is 0 Å². The number of anilines is 1. The Labute approximate surface area is 153 Å². The Balaban J connectivity index is 2.55. The van der Waals surface area contributed by atoms with Gasteiger partial charge in [-0.3, -0.25) is 14.4 Å². The van der Waals surface area contributed by atoms with E-state index in [4.69, 9.17) is 11.6 Å². The Kier molecular flexibility index (Phi) is 8.79. The number of halogens is 1. The van der Waals surface area contributed by atoms with Crippen molar-refractivity contribution in [2.45, 2.75) is 12.5 Å². The molecule has 25 heavy (non-hydrogen) atoms. The standard InChI is InChI=1S/C15H17ClN2O6S/c1-23-13(20)7-12(19)18-11(14(21)24-2)8-25-15(22)17-10-5-3-9(16)4-6-10/h3-6,11H,7-8H2,1-2H3,(H,17,22)(H,18,19). The molecule has 1 rings (SSSR count). The van der Waals surface area contributed by atoms with Gasteiger partial charge in [-0.15, -0.1) is 0 Å². The summed E-state index contributed by atoms with van der Waals surface area (Å²) in [5, 5.41) is 5.03. The van der Waals surface area contributed by atoms with Crippen molar-refractivity contribution < 1.29 is 28.7 Å². The van der Waals surface area contributed by atoms with E-state index in [0.717, 1.165) is 26.0 Å². The zero-order valence-corrected chi connectivity index (χ0v) is 15.1. The van der Waals surface area contributed by atoms with Crippen molar-refractivity contribution in [1.82, 2.24) is 5.32 Å². The zero-order chi connectivity index (χ0) is 18.8. The van der Waals surface area contributed by atoms with Crippen molar-refractivity contribution in [3.05, 3.63) is 29.3 Å². The largest absolute Gasteiger partial charge is 0.469 e. The van der Waals surface area contributed by atoms with Crippen LogP contribution in [-0.4, -0.2) is 49.1 Å². The Morgan fingerprint density at radius 2 is 1.76 bits per heavy atom. The Hall–Kier alpha value is -2.26. The monoisotopic (exact) mass is 388 g/mol. The fourth-order valence-electron chi connectivity index (χ4n) is 1.61. The summed E-state index contributed by atoms with van der Waals surface area (Å²) in [4.78, 5) is 46.3. The first-order valence-electron chi connectivity index (χ1n) is 6.99. The number of nitrogens with one attached hydrogen (secondary N) is 2. The van der Waals surface area contributed by atoms with Gasteiger partial charge in [0.05, 0.1) is 14.2 Å². The Morgan fingerprint density at radius 3 is 2.32 bits per heavy atom. The van der Waals surface area contributed by atoms with Gasteiger partial charge in [-0.1, -0.05) is 23.4 Å². The molecule has 1 atom stereocenters. The molecule has 10 heteroatoms. The molecule has 0 saturated carbocycles. The van der Waals surface area contributed by atoms with Crippen molar-refractivity contribution in [3.63, 3.8) is 0 Å². The first-order valence-corrected chi connectivity index (χ1v) is 8.35. The summed E-state index contributed by atoms with van der Waals surface area (Å²) in [7, 11) is 2.30. The average Bonchev–Trinajstić information content (AvgIpc) is 2.59. The molecule has 1 aromatic carbocycles. The number of esters is 2. The minimum atomic E-state index is -1.08. The highest BCUT2D eigenvalue weighted by Gasteiger charge is 2.24. The molecule has 0 aliphatic heterocycles. The quantitative estimate of drug-likeness (QED) is 0.541. The molecule has 2 amide bonds. The number of amides is 2. The molecule has 0 heterocycles. The number of hydrogen-bond acceptors (Lipinski definition) is 7. The summed E-state index contributed by atoms with van der Waals surface area (Å²) in [6, 6.07) is 5.40. The Morgan fingerprint density at radius 1 is 1.12 bits per heavy atom. The van der Waals surface area contributed by atoms with Crippen LogP contribution in [0.2, 0.25) is 5.02 Å². The van der Waals surface area contributed by atoms with E-state index in [9.17, 15) is 19.2 Å². The summed E-state index contributed by atoms with van der Waals surface area (Å²) < 4.78 is 8.95. The summed E-state index contributed by atoms with van der Waals surface area (Å²) >= 11 is 6.53. The van der Waals surface area contributed by atoms with Gasteiger partial charge < -0.3 is 20.1 Å². The first kappa shape index (κ1) is 20.8. The lowest BCUT2D eigenvalue weighted by atomic mass is 10.3. The van der Waals surface area contributed by atoms with Gasteiger partial charge in [-0.25, -0.2) is 4.79 Å². The molecular weight excluding hydrogens is 372 g/mol. The van der Waals surface area contributed by atoms with Crippen molar-refractivity contribution in [2.24, 2.45) is 0 Å². The van der Waals surface area contributed by atoms with Crippen LogP contribution < -0.4 is 10.6 Å². The zero-order valence-electron chi connectivity index (χ0n) is 13.5. The van der Waals surface area contributed by atoms with Gasteiger partial charge in [0, 0.05) is 16.5 Å². The van der Waals surface area contributed by atoms with E-state index >= 15 is 0 Å². The average molecular weight is 389 g/mol. The predicted molar refractivity (Wildman–Crippen MR) is 93.5 cm³/mol. The molecule has 0 spiro atoms. The number of ether oxygens (including phenoxy) is 2. The van der Waals surface area contributed by atoms with E-state index in [1.165, 1.54) is 0 Å². The van der Waals surface area contributed by atoms with Gasteiger partial charge >= 0.3 is 11.9 Å². The summed E-state index contributed by atoms with van der Waals surface area (Å²) in [5.74, 6) is -2.25. The maximum atomic E-state index is 11.9. The third-order valence-electron chi connectivity index (χ3n) is 2.83. The molecule has 0 saturated heterocycles. The van der Waals surface area contributed by atoms with Crippen molar-refractivity contribution in [1.29, 1.82) is 0 Å². The van der Waals surface area contributed by atoms with Crippen LogP contribution in [0.15, 0.2) is 24.3 Å². The predicted octanol–water partition coefficient (Wildman–Crippen LogP) is 1.83. The molecule has 0 bridgehead atoms. The molecule has 2 N–H and O–H groups in total. The lowest BCUT2D eigenvalue weighted by Crippen LogP contribution is -2.44. The third-order valence-corrected chi connectivity index (χ3v) is 3.94. The molecule has 0 radical (unpaired) electrons. The lowest BCUT2D eigenvalue weighted by molar-refractivity contribution is -0.147. The number of benzene rings is 1. The number of carbonyl (C=O) groups excluding carboxylic acids is 4. The van der Waals surface area contributed by atoms with Crippen LogP contribution in [0.5, 0.6) is 0 Å². The number of thioether (sulfide) groups is 1. The van der Waals surface area contributed by atoms with Gasteiger partial charge in [-0.05, 0) is 24.3 Å².